The van der Waals surface area contributed by atoms with Crippen LogP contribution in [0.3, 0.4) is 0 Å². The van der Waals surface area contributed by atoms with Crippen LogP contribution in [0, 0.1) is 13.8 Å². The summed E-state index contributed by atoms with van der Waals surface area (Å²) in [6, 6.07) is 16.1. The number of aryl methyl sites for hydroxylation is 4. The van der Waals surface area contributed by atoms with E-state index < -0.39 is 0 Å². The van der Waals surface area contributed by atoms with E-state index in [9.17, 15) is 4.79 Å². The maximum atomic E-state index is 12.6. The Morgan fingerprint density at radius 1 is 0.909 bits per heavy atom. The average molecular weight is 445 g/mol. The van der Waals surface area contributed by atoms with E-state index in [1.807, 2.05) is 49.6 Å². The number of rotatable bonds is 7. The molecule has 0 aliphatic carbocycles. The van der Waals surface area contributed by atoms with Gasteiger partial charge in [0.1, 0.15) is 5.75 Å². The quantitative estimate of drug-likeness (QED) is 0.546. The minimum atomic E-state index is -0.272. The lowest BCUT2D eigenvalue weighted by Gasteiger charge is -2.33. The number of carbonyl (C=O) groups excluding carboxylic acids is 1. The molecule has 4 rings (SSSR count). The van der Waals surface area contributed by atoms with Crippen molar-refractivity contribution in [2.24, 2.45) is 0 Å². The van der Waals surface area contributed by atoms with Gasteiger partial charge in [0.15, 0.2) is 0 Å². The largest absolute Gasteiger partial charge is 0.415 e. The van der Waals surface area contributed by atoms with E-state index >= 15 is 0 Å². The van der Waals surface area contributed by atoms with Crippen LogP contribution in [-0.2, 0) is 19.3 Å². The first-order chi connectivity index (χ1) is 16.1. The van der Waals surface area contributed by atoms with Crippen LogP contribution < -0.4 is 4.74 Å². The number of carbonyl (C=O) groups is 1. The van der Waals surface area contributed by atoms with Gasteiger partial charge in [0.25, 0.3) is 0 Å². The third kappa shape index (κ3) is 6.62. The lowest BCUT2D eigenvalue weighted by atomic mass is 10.1. The van der Waals surface area contributed by atoms with Crippen LogP contribution in [0.1, 0.15) is 28.1 Å². The van der Waals surface area contributed by atoms with E-state index in [4.69, 9.17) is 4.74 Å². The summed E-state index contributed by atoms with van der Waals surface area (Å²) in [4.78, 5) is 25.7. The lowest BCUT2D eigenvalue weighted by molar-refractivity contribution is 0.111. The Kier molecular flexibility index (Phi) is 7.68. The highest BCUT2D eigenvalue weighted by atomic mass is 16.6. The topological polar surface area (TPSA) is 58.6 Å². The standard InChI is InChI=1S/C27H32N4O2/c1-21-5-9-24(29-20-21)13-15-30-16-18-31(19-17-30)27(32)33-25-10-6-23(7-11-25)8-12-26-22(2)4-3-14-28-26/h3-7,9-11,14,20H,8,12-13,15-19H2,1-2H3. The second kappa shape index (κ2) is 11.1. The fourth-order valence-corrected chi connectivity index (χ4v) is 4.01. The van der Waals surface area contributed by atoms with Gasteiger partial charge < -0.3 is 9.64 Å². The Morgan fingerprint density at radius 2 is 1.70 bits per heavy atom. The first-order valence-corrected chi connectivity index (χ1v) is 11.7. The molecule has 0 atom stereocenters. The number of hydrogen-bond donors (Lipinski definition) is 0. The fourth-order valence-electron chi connectivity index (χ4n) is 4.01. The molecule has 1 fully saturated rings. The van der Waals surface area contributed by atoms with Gasteiger partial charge in [-0.2, -0.15) is 0 Å². The molecule has 0 N–H and O–H groups in total. The third-order valence-electron chi connectivity index (χ3n) is 6.18. The molecule has 1 aliphatic heterocycles. The first-order valence-electron chi connectivity index (χ1n) is 11.7. The molecule has 1 aliphatic rings. The molecule has 0 saturated carbocycles. The van der Waals surface area contributed by atoms with Crippen molar-refractivity contribution in [2.75, 3.05) is 32.7 Å². The fraction of sp³-hybridized carbons (Fsp3) is 0.370. The summed E-state index contributed by atoms with van der Waals surface area (Å²) in [5.41, 5.74) is 5.84. The number of pyridine rings is 2. The second-order valence-corrected chi connectivity index (χ2v) is 8.68. The predicted molar refractivity (Wildman–Crippen MR) is 130 cm³/mol. The molecular formula is C27H32N4O2. The monoisotopic (exact) mass is 444 g/mol. The predicted octanol–water partition coefficient (Wildman–Crippen LogP) is 4.24. The Labute approximate surface area is 196 Å². The number of hydrogen-bond acceptors (Lipinski definition) is 5. The Bertz CT molecular complexity index is 1040. The highest BCUT2D eigenvalue weighted by molar-refractivity contribution is 5.70. The van der Waals surface area contributed by atoms with Crippen LogP contribution in [0.4, 0.5) is 4.79 Å². The van der Waals surface area contributed by atoms with Crippen molar-refractivity contribution in [3.8, 4) is 5.75 Å². The molecule has 1 saturated heterocycles. The molecule has 3 aromatic rings. The summed E-state index contributed by atoms with van der Waals surface area (Å²) in [7, 11) is 0. The molecule has 33 heavy (non-hydrogen) atoms. The van der Waals surface area contributed by atoms with Crippen molar-refractivity contribution >= 4 is 6.09 Å². The Morgan fingerprint density at radius 3 is 2.39 bits per heavy atom. The number of aromatic nitrogens is 2. The average Bonchev–Trinajstić information content (AvgIpc) is 2.84. The summed E-state index contributed by atoms with van der Waals surface area (Å²) >= 11 is 0. The van der Waals surface area contributed by atoms with Crippen molar-refractivity contribution in [1.82, 2.24) is 19.8 Å². The smallest absolute Gasteiger partial charge is 0.410 e. The second-order valence-electron chi connectivity index (χ2n) is 8.68. The molecule has 6 heteroatoms. The van der Waals surface area contributed by atoms with Gasteiger partial charge in [-0.25, -0.2) is 4.79 Å². The minimum Gasteiger partial charge on any atom is -0.410 e. The number of ether oxygens (including phenoxy) is 1. The van der Waals surface area contributed by atoms with Gasteiger partial charge in [-0.1, -0.05) is 24.3 Å². The third-order valence-corrected chi connectivity index (χ3v) is 6.18. The number of piperazine rings is 1. The van der Waals surface area contributed by atoms with Crippen LogP contribution >= 0.6 is 0 Å². The van der Waals surface area contributed by atoms with Gasteiger partial charge in [0.05, 0.1) is 0 Å². The van der Waals surface area contributed by atoms with E-state index in [-0.39, 0.29) is 6.09 Å². The zero-order chi connectivity index (χ0) is 23.0. The number of amides is 1. The first kappa shape index (κ1) is 22.9. The zero-order valence-corrected chi connectivity index (χ0v) is 19.5. The van der Waals surface area contributed by atoms with E-state index in [1.165, 1.54) is 16.7 Å². The maximum Gasteiger partial charge on any atom is 0.415 e. The molecule has 6 nitrogen and oxygen atoms in total. The van der Waals surface area contributed by atoms with Crippen LogP contribution in [0.5, 0.6) is 5.75 Å². The molecule has 2 aromatic heterocycles. The molecule has 0 spiro atoms. The summed E-state index contributed by atoms with van der Waals surface area (Å²) in [6.07, 6.45) is 6.22. The minimum absolute atomic E-state index is 0.272. The summed E-state index contributed by atoms with van der Waals surface area (Å²) in [6.45, 7) is 8.17. The van der Waals surface area contributed by atoms with Crippen LogP contribution in [0.25, 0.3) is 0 Å². The van der Waals surface area contributed by atoms with E-state index in [0.29, 0.717) is 18.8 Å². The van der Waals surface area contributed by atoms with Gasteiger partial charge in [-0.3, -0.25) is 14.9 Å². The lowest BCUT2D eigenvalue weighted by Crippen LogP contribution is -2.49. The van der Waals surface area contributed by atoms with Crippen molar-refractivity contribution in [3.05, 3.63) is 89.0 Å². The molecule has 0 unspecified atom stereocenters. The maximum absolute atomic E-state index is 12.6. The molecular weight excluding hydrogens is 412 g/mol. The Hall–Kier alpha value is -3.25. The molecule has 3 heterocycles. The van der Waals surface area contributed by atoms with Gasteiger partial charge >= 0.3 is 6.09 Å². The number of benzene rings is 1. The van der Waals surface area contributed by atoms with Crippen LogP contribution in [0.2, 0.25) is 0 Å². The van der Waals surface area contributed by atoms with Crippen molar-refractivity contribution in [2.45, 2.75) is 33.1 Å². The summed E-state index contributed by atoms with van der Waals surface area (Å²) in [5.74, 6) is 0.589. The summed E-state index contributed by atoms with van der Waals surface area (Å²) in [5, 5.41) is 0. The van der Waals surface area contributed by atoms with Crippen LogP contribution in [-0.4, -0.2) is 58.6 Å². The molecule has 1 amide bonds. The SMILES string of the molecule is Cc1ccc(CCN2CCN(C(=O)Oc3ccc(CCc4ncccc4C)cc3)CC2)nc1. The molecule has 172 valence electrons. The van der Waals surface area contributed by atoms with Gasteiger partial charge in [-0.15, -0.1) is 0 Å². The van der Waals surface area contributed by atoms with Crippen LogP contribution in [0.15, 0.2) is 60.9 Å². The highest BCUT2D eigenvalue weighted by Gasteiger charge is 2.22. The van der Waals surface area contributed by atoms with E-state index in [1.54, 1.807) is 4.90 Å². The van der Waals surface area contributed by atoms with Crippen molar-refractivity contribution in [3.63, 3.8) is 0 Å². The van der Waals surface area contributed by atoms with Crippen molar-refractivity contribution in [1.29, 1.82) is 0 Å². The molecule has 0 bridgehead atoms. The summed E-state index contributed by atoms with van der Waals surface area (Å²) < 4.78 is 5.61. The van der Waals surface area contributed by atoms with Gasteiger partial charge in [-0.05, 0) is 67.6 Å². The molecule has 1 aromatic carbocycles. The van der Waals surface area contributed by atoms with E-state index in [2.05, 4.69) is 40.0 Å². The molecule has 0 radical (unpaired) electrons. The van der Waals surface area contributed by atoms with E-state index in [0.717, 1.165) is 50.3 Å². The number of nitrogens with zero attached hydrogens (tertiary/aromatic N) is 4. The normalized spacial score (nSPS) is 14.3. The highest BCUT2D eigenvalue weighted by Crippen LogP contribution is 2.16. The zero-order valence-electron chi connectivity index (χ0n) is 19.5. The Balaban J connectivity index is 1.19. The van der Waals surface area contributed by atoms with Gasteiger partial charge in [0.2, 0.25) is 0 Å². The van der Waals surface area contributed by atoms with Crippen molar-refractivity contribution < 1.29 is 9.53 Å². The van der Waals surface area contributed by atoms with Gasteiger partial charge in [0, 0.05) is 62.9 Å².